The molecule has 1 saturated heterocycles. The van der Waals surface area contributed by atoms with Crippen molar-refractivity contribution in [2.24, 2.45) is 0 Å². The highest BCUT2D eigenvalue weighted by Crippen LogP contribution is 2.19. The smallest absolute Gasteiger partial charge is 0.253 e. The first-order valence-corrected chi connectivity index (χ1v) is 9.48. The first-order chi connectivity index (χ1) is 13.1. The minimum Gasteiger partial charge on any atom is -0.497 e. The van der Waals surface area contributed by atoms with Crippen LogP contribution in [0.5, 0.6) is 5.75 Å². The SMILES string of the molecule is CNC(=S)N(CCN1CCOCC1)Cc1cc2cc(OC)ccc2[nH]c1=O. The summed E-state index contributed by atoms with van der Waals surface area (Å²) in [4.78, 5) is 19.9. The van der Waals surface area contributed by atoms with Gasteiger partial charge in [0.2, 0.25) is 0 Å². The Labute approximate surface area is 164 Å². The van der Waals surface area contributed by atoms with Gasteiger partial charge in [0.05, 0.1) is 26.9 Å². The summed E-state index contributed by atoms with van der Waals surface area (Å²) in [6.45, 7) is 5.46. The number of nitrogens with one attached hydrogen (secondary N) is 2. The number of aromatic nitrogens is 1. The van der Waals surface area contributed by atoms with Gasteiger partial charge in [-0.1, -0.05) is 0 Å². The molecule has 0 amide bonds. The number of ether oxygens (including phenoxy) is 2. The van der Waals surface area contributed by atoms with Crippen LogP contribution in [0.25, 0.3) is 10.9 Å². The number of benzene rings is 1. The van der Waals surface area contributed by atoms with E-state index in [2.05, 4.69) is 15.2 Å². The van der Waals surface area contributed by atoms with E-state index in [9.17, 15) is 4.79 Å². The summed E-state index contributed by atoms with van der Waals surface area (Å²) < 4.78 is 10.7. The first kappa shape index (κ1) is 19.6. The fourth-order valence-corrected chi connectivity index (χ4v) is 3.33. The number of hydrogen-bond donors (Lipinski definition) is 2. The molecule has 2 heterocycles. The fourth-order valence-electron chi connectivity index (χ4n) is 3.18. The molecule has 2 aromatic rings. The molecular weight excluding hydrogens is 364 g/mol. The van der Waals surface area contributed by atoms with Gasteiger partial charge < -0.3 is 24.7 Å². The lowest BCUT2D eigenvalue weighted by atomic mass is 10.1. The Morgan fingerprint density at radius 2 is 2.15 bits per heavy atom. The predicted molar refractivity (Wildman–Crippen MR) is 110 cm³/mol. The van der Waals surface area contributed by atoms with Crippen molar-refractivity contribution in [2.45, 2.75) is 6.54 Å². The van der Waals surface area contributed by atoms with Gasteiger partial charge in [0.15, 0.2) is 5.11 Å². The lowest BCUT2D eigenvalue weighted by Gasteiger charge is -2.31. The summed E-state index contributed by atoms with van der Waals surface area (Å²) in [6.07, 6.45) is 0. The van der Waals surface area contributed by atoms with Crippen LogP contribution >= 0.6 is 12.2 Å². The van der Waals surface area contributed by atoms with Crippen molar-refractivity contribution in [1.29, 1.82) is 0 Å². The molecule has 1 aliphatic rings. The number of morpholine rings is 1. The average Bonchev–Trinajstić information content (AvgIpc) is 2.71. The lowest BCUT2D eigenvalue weighted by Crippen LogP contribution is -2.45. The van der Waals surface area contributed by atoms with Crippen LogP contribution in [0.1, 0.15) is 5.56 Å². The third-order valence-corrected chi connectivity index (χ3v) is 5.24. The maximum absolute atomic E-state index is 12.5. The van der Waals surface area contributed by atoms with E-state index in [4.69, 9.17) is 21.7 Å². The number of nitrogens with zero attached hydrogens (tertiary/aromatic N) is 2. The molecule has 0 radical (unpaired) electrons. The minimum atomic E-state index is -0.0945. The van der Waals surface area contributed by atoms with Gasteiger partial charge in [-0.25, -0.2) is 0 Å². The molecule has 0 atom stereocenters. The lowest BCUT2D eigenvalue weighted by molar-refractivity contribution is 0.0357. The fraction of sp³-hybridized carbons (Fsp3) is 0.474. The van der Waals surface area contributed by atoms with Crippen molar-refractivity contribution in [1.82, 2.24) is 20.1 Å². The zero-order chi connectivity index (χ0) is 19.2. The van der Waals surface area contributed by atoms with E-state index >= 15 is 0 Å². The number of aromatic amines is 1. The van der Waals surface area contributed by atoms with Crippen LogP contribution < -0.4 is 15.6 Å². The van der Waals surface area contributed by atoms with Crippen LogP contribution in [0.4, 0.5) is 0 Å². The summed E-state index contributed by atoms with van der Waals surface area (Å²) in [5.74, 6) is 0.760. The highest BCUT2D eigenvalue weighted by atomic mass is 32.1. The van der Waals surface area contributed by atoms with Gasteiger partial charge in [-0.15, -0.1) is 0 Å². The third kappa shape index (κ3) is 4.97. The molecule has 0 unspecified atom stereocenters. The van der Waals surface area contributed by atoms with Gasteiger partial charge in [0.25, 0.3) is 5.56 Å². The van der Waals surface area contributed by atoms with Gasteiger partial charge in [0.1, 0.15) is 5.75 Å². The molecule has 146 valence electrons. The van der Waals surface area contributed by atoms with E-state index in [1.165, 1.54) is 0 Å². The minimum absolute atomic E-state index is 0.0945. The number of fused-ring (bicyclic) bond motifs is 1. The van der Waals surface area contributed by atoms with Crippen molar-refractivity contribution in [3.63, 3.8) is 0 Å². The van der Waals surface area contributed by atoms with Gasteiger partial charge in [-0.2, -0.15) is 0 Å². The Balaban J connectivity index is 1.78. The van der Waals surface area contributed by atoms with Crippen molar-refractivity contribution in [2.75, 3.05) is 53.6 Å². The summed E-state index contributed by atoms with van der Waals surface area (Å²) in [5.41, 5.74) is 1.37. The number of thiocarbonyl (C=S) groups is 1. The van der Waals surface area contributed by atoms with Crippen molar-refractivity contribution in [3.05, 3.63) is 40.2 Å². The molecular formula is C19H26N4O3S. The van der Waals surface area contributed by atoms with E-state index in [1.54, 1.807) is 14.2 Å². The molecule has 1 aromatic heterocycles. The predicted octanol–water partition coefficient (Wildman–Crippen LogP) is 1.18. The van der Waals surface area contributed by atoms with Crippen molar-refractivity contribution < 1.29 is 9.47 Å². The van der Waals surface area contributed by atoms with Crippen molar-refractivity contribution in [3.8, 4) is 5.75 Å². The number of hydrogen-bond acceptors (Lipinski definition) is 5. The Morgan fingerprint density at radius 3 is 2.85 bits per heavy atom. The topological polar surface area (TPSA) is 69.8 Å². The highest BCUT2D eigenvalue weighted by Gasteiger charge is 2.16. The normalized spacial score (nSPS) is 14.9. The van der Waals surface area contributed by atoms with Crippen LogP contribution in [0, 0.1) is 0 Å². The molecule has 8 heteroatoms. The molecule has 1 aliphatic heterocycles. The maximum atomic E-state index is 12.5. The summed E-state index contributed by atoms with van der Waals surface area (Å²) in [5, 5.41) is 4.60. The number of methoxy groups -OCH3 is 1. The van der Waals surface area contributed by atoms with Crippen LogP contribution in [-0.4, -0.2) is 73.4 Å². The third-order valence-electron chi connectivity index (χ3n) is 4.78. The summed E-state index contributed by atoms with van der Waals surface area (Å²) in [7, 11) is 3.44. The number of rotatable bonds is 6. The average molecular weight is 391 g/mol. The molecule has 1 aromatic carbocycles. The molecule has 3 rings (SSSR count). The highest BCUT2D eigenvalue weighted by molar-refractivity contribution is 7.80. The van der Waals surface area contributed by atoms with Crippen LogP contribution in [-0.2, 0) is 11.3 Å². The Bertz CT molecular complexity index is 848. The monoisotopic (exact) mass is 390 g/mol. The maximum Gasteiger partial charge on any atom is 0.253 e. The zero-order valence-electron chi connectivity index (χ0n) is 15.8. The first-order valence-electron chi connectivity index (χ1n) is 9.07. The van der Waals surface area contributed by atoms with E-state index in [0.29, 0.717) is 17.2 Å². The zero-order valence-corrected chi connectivity index (χ0v) is 16.6. The molecule has 0 aliphatic carbocycles. The largest absolute Gasteiger partial charge is 0.497 e. The Kier molecular flexibility index (Phi) is 6.65. The second kappa shape index (κ2) is 9.16. The van der Waals surface area contributed by atoms with E-state index in [1.807, 2.05) is 29.2 Å². The molecule has 7 nitrogen and oxygen atoms in total. The molecule has 27 heavy (non-hydrogen) atoms. The Hall–Kier alpha value is -2.16. The van der Waals surface area contributed by atoms with Crippen LogP contribution in [0.2, 0.25) is 0 Å². The van der Waals surface area contributed by atoms with Crippen molar-refractivity contribution >= 4 is 28.2 Å². The number of H-pyrrole nitrogens is 1. The van der Waals surface area contributed by atoms with Gasteiger partial charge in [-0.05, 0) is 36.5 Å². The van der Waals surface area contributed by atoms with Crippen LogP contribution in [0.3, 0.4) is 0 Å². The second-order valence-corrected chi connectivity index (χ2v) is 6.89. The van der Waals surface area contributed by atoms with Gasteiger partial charge >= 0.3 is 0 Å². The van der Waals surface area contributed by atoms with Crippen LogP contribution in [0.15, 0.2) is 29.1 Å². The molecule has 2 N–H and O–H groups in total. The summed E-state index contributed by atoms with van der Waals surface area (Å²) in [6, 6.07) is 7.52. The van der Waals surface area contributed by atoms with E-state index in [0.717, 1.165) is 56.0 Å². The molecule has 1 fully saturated rings. The molecule has 0 saturated carbocycles. The molecule has 0 spiro atoms. The second-order valence-electron chi connectivity index (χ2n) is 6.51. The Morgan fingerprint density at radius 1 is 1.37 bits per heavy atom. The quantitative estimate of drug-likeness (QED) is 0.718. The molecule has 0 bridgehead atoms. The van der Waals surface area contributed by atoms with Gasteiger partial charge in [0, 0.05) is 49.7 Å². The van der Waals surface area contributed by atoms with E-state index in [-0.39, 0.29) is 5.56 Å². The summed E-state index contributed by atoms with van der Waals surface area (Å²) >= 11 is 5.46. The van der Waals surface area contributed by atoms with E-state index < -0.39 is 0 Å². The van der Waals surface area contributed by atoms with Gasteiger partial charge in [-0.3, -0.25) is 9.69 Å². The number of pyridine rings is 1. The standard InChI is InChI=1S/C19H26N4O3S/c1-20-19(27)23(6-5-22-7-9-26-10-8-22)13-15-11-14-12-16(25-2)3-4-17(14)21-18(15)24/h3-4,11-12H,5-10,13H2,1-2H3,(H,20,27)(H,21,24).